The quantitative estimate of drug-likeness (QED) is 0.692. The lowest BCUT2D eigenvalue weighted by Gasteiger charge is -2.10. The first kappa shape index (κ1) is 15.0. The van der Waals surface area contributed by atoms with Crippen LogP contribution in [0.5, 0.6) is 0 Å². The number of amides is 1. The lowest BCUT2D eigenvalue weighted by Crippen LogP contribution is -2.12. The maximum atomic E-state index is 12.5. The number of nitrogens with two attached hydrogens (primary N) is 1. The van der Waals surface area contributed by atoms with Crippen molar-refractivity contribution in [2.24, 2.45) is 0 Å². The summed E-state index contributed by atoms with van der Waals surface area (Å²) in [7, 11) is 0. The highest BCUT2D eigenvalue weighted by Crippen LogP contribution is 2.33. The van der Waals surface area contributed by atoms with Gasteiger partial charge in [-0.25, -0.2) is 4.98 Å². The van der Waals surface area contributed by atoms with Gasteiger partial charge in [-0.1, -0.05) is 0 Å². The molecule has 1 amide bonds. The molecule has 0 aliphatic heterocycles. The van der Waals surface area contributed by atoms with Crippen LogP contribution in [0.1, 0.15) is 20.8 Å². The molecular weight excluding hydrogens is 362 g/mol. The number of aromatic nitrogens is 1. The molecule has 112 valence electrons. The van der Waals surface area contributed by atoms with Crippen molar-refractivity contribution in [1.29, 1.82) is 0 Å². The maximum absolute atomic E-state index is 12.5. The van der Waals surface area contributed by atoms with E-state index in [2.05, 4.69) is 26.2 Å². The molecule has 0 aliphatic carbocycles. The predicted molar refractivity (Wildman–Crippen MR) is 95.6 cm³/mol. The van der Waals surface area contributed by atoms with Gasteiger partial charge < -0.3 is 11.1 Å². The minimum absolute atomic E-state index is 0.218. The van der Waals surface area contributed by atoms with E-state index >= 15 is 0 Å². The lowest BCUT2D eigenvalue weighted by molar-refractivity contribution is 0.103. The molecule has 4 nitrogen and oxygen atoms in total. The maximum Gasteiger partial charge on any atom is 0.267 e. The summed E-state index contributed by atoms with van der Waals surface area (Å²) in [6.45, 7) is 4.04. The van der Waals surface area contributed by atoms with E-state index in [0.29, 0.717) is 10.6 Å². The number of thiophene rings is 1. The Morgan fingerprint density at radius 2 is 2.05 bits per heavy atom. The third-order valence-electron chi connectivity index (χ3n) is 3.54. The second-order valence-corrected chi connectivity index (χ2v) is 6.92. The van der Waals surface area contributed by atoms with Crippen molar-refractivity contribution in [2.75, 3.05) is 11.1 Å². The molecule has 0 saturated heterocycles. The zero-order valence-electron chi connectivity index (χ0n) is 12.1. The average molecular weight is 376 g/mol. The van der Waals surface area contributed by atoms with Crippen molar-refractivity contribution >= 4 is 54.8 Å². The number of aryl methyl sites for hydroxylation is 2. The minimum Gasteiger partial charge on any atom is -0.397 e. The predicted octanol–water partition coefficient (Wildman–Crippen LogP) is 4.51. The molecule has 0 bridgehead atoms. The SMILES string of the molecule is Cc1cc(Br)c(NC(=O)c2sc3ncccc3c2N)cc1C. The molecule has 0 radical (unpaired) electrons. The topological polar surface area (TPSA) is 68.0 Å². The number of halogens is 1. The molecule has 0 saturated carbocycles. The molecule has 3 aromatic rings. The van der Waals surface area contributed by atoms with Crippen molar-refractivity contribution in [3.05, 3.63) is 50.9 Å². The number of benzene rings is 1. The summed E-state index contributed by atoms with van der Waals surface area (Å²) >= 11 is 4.78. The van der Waals surface area contributed by atoms with Gasteiger partial charge >= 0.3 is 0 Å². The molecule has 1 aromatic carbocycles. The zero-order chi connectivity index (χ0) is 15.9. The largest absolute Gasteiger partial charge is 0.397 e. The Morgan fingerprint density at radius 3 is 2.77 bits per heavy atom. The van der Waals surface area contributed by atoms with Crippen LogP contribution in [-0.2, 0) is 0 Å². The van der Waals surface area contributed by atoms with Crippen LogP contribution >= 0.6 is 27.3 Å². The number of nitrogens with one attached hydrogen (secondary N) is 1. The van der Waals surface area contributed by atoms with Crippen LogP contribution in [0, 0.1) is 13.8 Å². The Balaban J connectivity index is 1.97. The second kappa shape index (κ2) is 5.70. The second-order valence-electron chi connectivity index (χ2n) is 5.07. The summed E-state index contributed by atoms with van der Waals surface area (Å²) < 4.78 is 0.849. The highest BCUT2D eigenvalue weighted by atomic mass is 79.9. The fourth-order valence-corrected chi connectivity index (χ4v) is 3.69. The number of nitrogen functional groups attached to an aromatic ring is 1. The number of carbonyl (C=O) groups excluding carboxylic acids is 1. The monoisotopic (exact) mass is 375 g/mol. The van der Waals surface area contributed by atoms with Gasteiger partial charge in [-0.3, -0.25) is 4.79 Å². The van der Waals surface area contributed by atoms with Crippen LogP contribution in [0.25, 0.3) is 10.2 Å². The van der Waals surface area contributed by atoms with Crippen molar-refractivity contribution in [3.8, 4) is 0 Å². The summed E-state index contributed by atoms with van der Waals surface area (Å²) in [5.74, 6) is -0.218. The molecule has 0 aliphatic rings. The normalized spacial score (nSPS) is 10.9. The fraction of sp³-hybridized carbons (Fsp3) is 0.125. The van der Waals surface area contributed by atoms with Gasteiger partial charge in [-0.15, -0.1) is 11.3 Å². The summed E-state index contributed by atoms with van der Waals surface area (Å²) in [4.78, 5) is 18.0. The van der Waals surface area contributed by atoms with Crippen LogP contribution in [-0.4, -0.2) is 10.9 Å². The standard InChI is InChI=1S/C16H14BrN3OS/c1-8-6-11(17)12(7-9(8)2)20-15(21)14-13(18)10-4-3-5-19-16(10)22-14/h3-7H,18H2,1-2H3,(H,20,21). The van der Waals surface area contributed by atoms with Crippen molar-refractivity contribution in [1.82, 2.24) is 4.98 Å². The van der Waals surface area contributed by atoms with Crippen molar-refractivity contribution < 1.29 is 4.79 Å². The highest BCUT2D eigenvalue weighted by Gasteiger charge is 2.18. The number of fused-ring (bicyclic) bond motifs is 1. The number of hydrogen-bond acceptors (Lipinski definition) is 4. The van der Waals surface area contributed by atoms with Gasteiger partial charge in [-0.05, 0) is 65.2 Å². The van der Waals surface area contributed by atoms with Crippen LogP contribution in [0.15, 0.2) is 34.9 Å². The molecule has 3 rings (SSSR count). The Labute approximate surface area is 140 Å². The van der Waals surface area contributed by atoms with E-state index in [1.54, 1.807) is 6.20 Å². The van der Waals surface area contributed by atoms with Gasteiger partial charge in [0.05, 0.1) is 11.4 Å². The van der Waals surface area contributed by atoms with Gasteiger partial charge in [0.25, 0.3) is 5.91 Å². The first-order valence-electron chi connectivity index (χ1n) is 6.68. The van der Waals surface area contributed by atoms with E-state index < -0.39 is 0 Å². The van der Waals surface area contributed by atoms with E-state index in [1.165, 1.54) is 11.3 Å². The number of pyridine rings is 1. The Bertz CT molecular complexity index is 888. The van der Waals surface area contributed by atoms with E-state index in [0.717, 1.165) is 31.5 Å². The van der Waals surface area contributed by atoms with Gasteiger partial charge in [-0.2, -0.15) is 0 Å². The molecule has 2 aromatic heterocycles. The number of hydrogen-bond donors (Lipinski definition) is 2. The molecule has 2 heterocycles. The van der Waals surface area contributed by atoms with Crippen molar-refractivity contribution in [3.63, 3.8) is 0 Å². The van der Waals surface area contributed by atoms with Crippen LogP contribution in [0.2, 0.25) is 0 Å². The summed E-state index contributed by atoms with van der Waals surface area (Å²) in [6.07, 6.45) is 1.69. The summed E-state index contributed by atoms with van der Waals surface area (Å²) in [6, 6.07) is 7.61. The number of carbonyl (C=O) groups is 1. The molecule has 0 fully saturated rings. The fourth-order valence-electron chi connectivity index (χ4n) is 2.18. The third kappa shape index (κ3) is 2.60. The molecule has 22 heavy (non-hydrogen) atoms. The number of nitrogens with zero attached hydrogens (tertiary/aromatic N) is 1. The van der Waals surface area contributed by atoms with Gasteiger partial charge in [0.15, 0.2) is 0 Å². The molecule has 6 heteroatoms. The van der Waals surface area contributed by atoms with E-state index in [9.17, 15) is 4.79 Å². The van der Waals surface area contributed by atoms with E-state index in [4.69, 9.17) is 5.73 Å². The Kier molecular flexibility index (Phi) is 3.88. The van der Waals surface area contributed by atoms with Crippen molar-refractivity contribution in [2.45, 2.75) is 13.8 Å². The van der Waals surface area contributed by atoms with Crippen LogP contribution in [0.4, 0.5) is 11.4 Å². The average Bonchev–Trinajstić information content (AvgIpc) is 2.82. The molecular formula is C16H14BrN3OS. The highest BCUT2D eigenvalue weighted by molar-refractivity contribution is 9.10. The minimum atomic E-state index is -0.218. The van der Waals surface area contributed by atoms with Crippen LogP contribution in [0.3, 0.4) is 0 Å². The van der Waals surface area contributed by atoms with Gasteiger partial charge in [0.2, 0.25) is 0 Å². The first-order valence-corrected chi connectivity index (χ1v) is 8.29. The first-order chi connectivity index (χ1) is 10.5. The number of rotatable bonds is 2. The molecule has 0 unspecified atom stereocenters. The Hall–Kier alpha value is -1.92. The summed E-state index contributed by atoms with van der Waals surface area (Å²) in [5.41, 5.74) is 9.57. The third-order valence-corrected chi connectivity index (χ3v) is 5.33. The smallest absolute Gasteiger partial charge is 0.267 e. The van der Waals surface area contributed by atoms with Crippen LogP contribution < -0.4 is 11.1 Å². The molecule has 0 atom stereocenters. The van der Waals surface area contributed by atoms with E-state index in [-0.39, 0.29) is 5.91 Å². The zero-order valence-corrected chi connectivity index (χ0v) is 14.5. The molecule has 0 spiro atoms. The van der Waals surface area contributed by atoms with E-state index in [1.807, 2.05) is 38.1 Å². The van der Waals surface area contributed by atoms with Gasteiger partial charge in [0, 0.05) is 16.1 Å². The number of anilines is 2. The molecule has 3 N–H and O–H groups in total. The lowest BCUT2D eigenvalue weighted by atomic mass is 10.1. The summed E-state index contributed by atoms with van der Waals surface area (Å²) in [5, 5.41) is 3.73. The Morgan fingerprint density at radius 1 is 1.32 bits per heavy atom. The van der Waals surface area contributed by atoms with Gasteiger partial charge in [0.1, 0.15) is 9.71 Å².